The molecule has 12 heteroatoms. The summed E-state index contributed by atoms with van der Waals surface area (Å²) in [6, 6.07) is 3.54. The highest BCUT2D eigenvalue weighted by Gasteiger charge is 2.20. The molecule has 3 aromatic heterocycles. The molecule has 4 N–H and O–H groups in total. The maximum Gasteiger partial charge on any atom is 0.272 e. The predicted molar refractivity (Wildman–Crippen MR) is 120 cm³/mol. The van der Waals surface area contributed by atoms with Crippen LogP contribution in [0.1, 0.15) is 23.0 Å². The molecule has 3 heterocycles. The molecule has 0 fully saturated rings. The molecule has 162 valence electrons. The molecule has 4 aromatic rings. The predicted octanol–water partition coefficient (Wildman–Crippen LogP) is 1.73. The summed E-state index contributed by atoms with van der Waals surface area (Å²) in [5, 5.41) is 13.9. The summed E-state index contributed by atoms with van der Waals surface area (Å²) in [6.07, 6.45) is 3.29. The number of fused-ring (bicyclic) bond motifs is 2. The Morgan fingerprint density at radius 1 is 1.39 bits per heavy atom. The van der Waals surface area contributed by atoms with E-state index < -0.39 is 0 Å². The van der Waals surface area contributed by atoms with Crippen molar-refractivity contribution < 1.29 is 9.53 Å². The van der Waals surface area contributed by atoms with Gasteiger partial charge < -0.3 is 21.1 Å². The molecule has 0 saturated carbocycles. The lowest BCUT2D eigenvalue weighted by Gasteiger charge is -2.15. The minimum atomic E-state index is -0.266. The maximum absolute atomic E-state index is 12.9. The number of amides is 1. The fourth-order valence-corrected chi connectivity index (χ4v) is 3.62. The molecule has 4 rings (SSSR count). The first-order valence-corrected chi connectivity index (χ1v) is 10.3. The third-order valence-corrected chi connectivity index (χ3v) is 5.16. The zero-order valence-corrected chi connectivity index (χ0v) is 18.8. The maximum atomic E-state index is 12.9. The molecule has 1 atom stereocenters. The Morgan fingerprint density at radius 3 is 2.97 bits per heavy atom. The van der Waals surface area contributed by atoms with E-state index in [2.05, 4.69) is 46.8 Å². The van der Waals surface area contributed by atoms with Gasteiger partial charge >= 0.3 is 0 Å². The SMILES string of the molecule is CNc1nc2cnc(Br)cn2c1C(=O)N[C@H](C)COCc1cc(N)c2nnn(C)c2c1. The van der Waals surface area contributed by atoms with Gasteiger partial charge in [-0.2, -0.15) is 0 Å². The fourth-order valence-electron chi connectivity index (χ4n) is 3.31. The highest BCUT2D eigenvalue weighted by atomic mass is 79.9. The number of anilines is 2. The Bertz CT molecular complexity index is 1270. The normalized spacial score (nSPS) is 12.4. The number of carbonyl (C=O) groups is 1. The lowest BCUT2D eigenvalue weighted by atomic mass is 10.2. The van der Waals surface area contributed by atoms with Gasteiger partial charge in [-0.1, -0.05) is 5.21 Å². The van der Waals surface area contributed by atoms with E-state index in [1.54, 1.807) is 28.5 Å². The number of ether oxygens (including phenoxy) is 1. The lowest BCUT2D eigenvalue weighted by molar-refractivity contribution is 0.0817. The van der Waals surface area contributed by atoms with Crippen LogP contribution in [0.25, 0.3) is 16.7 Å². The second-order valence-electron chi connectivity index (χ2n) is 7.15. The van der Waals surface area contributed by atoms with E-state index in [9.17, 15) is 4.79 Å². The summed E-state index contributed by atoms with van der Waals surface area (Å²) in [5.74, 6) is 0.205. The molecule has 0 bridgehead atoms. The average Bonchev–Trinajstić information content (AvgIpc) is 3.28. The van der Waals surface area contributed by atoms with Gasteiger partial charge in [-0.3, -0.25) is 9.20 Å². The first-order valence-electron chi connectivity index (χ1n) is 9.55. The van der Waals surface area contributed by atoms with Gasteiger partial charge in [-0.15, -0.1) is 5.10 Å². The number of halogens is 1. The summed E-state index contributed by atoms with van der Waals surface area (Å²) in [6.45, 7) is 2.55. The van der Waals surface area contributed by atoms with Crippen LogP contribution in [-0.2, 0) is 18.4 Å². The zero-order valence-electron chi connectivity index (χ0n) is 17.3. The third kappa shape index (κ3) is 4.16. The Balaban J connectivity index is 1.41. The number of hydrogen-bond donors (Lipinski definition) is 3. The van der Waals surface area contributed by atoms with Crippen molar-refractivity contribution >= 4 is 50.0 Å². The number of hydrogen-bond acceptors (Lipinski definition) is 8. The minimum absolute atomic E-state index is 0.229. The number of nitrogens with two attached hydrogens (primary N) is 1. The molecule has 11 nitrogen and oxygen atoms in total. The number of carbonyl (C=O) groups excluding carboxylic acids is 1. The molecule has 0 aliphatic rings. The number of aromatic nitrogens is 6. The van der Waals surface area contributed by atoms with Crippen molar-refractivity contribution in [2.24, 2.45) is 7.05 Å². The molecule has 0 aliphatic carbocycles. The smallest absolute Gasteiger partial charge is 0.272 e. The largest absolute Gasteiger partial charge is 0.397 e. The number of benzene rings is 1. The second kappa shape index (κ2) is 8.47. The van der Waals surface area contributed by atoms with Gasteiger partial charge in [0.15, 0.2) is 17.2 Å². The molecular weight excluding hydrogens is 466 g/mol. The van der Waals surface area contributed by atoms with E-state index in [1.807, 2.05) is 26.1 Å². The van der Waals surface area contributed by atoms with Crippen LogP contribution in [0.2, 0.25) is 0 Å². The van der Waals surface area contributed by atoms with Crippen molar-refractivity contribution in [3.05, 3.63) is 40.4 Å². The van der Waals surface area contributed by atoms with Crippen molar-refractivity contribution in [1.82, 2.24) is 34.7 Å². The number of nitrogens with zero attached hydrogens (tertiary/aromatic N) is 6. The van der Waals surface area contributed by atoms with Gasteiger partial charge in [0.05, 0.1) is 30.6 Å². The number of nitrogen functional groups attached to an aromatic ring is 1. The third-order valence-electron chi connectivity index (χ3n) is 4.75. The van der Waals surface area contributed by atoms with Crippen molar-refractivity contribution in [1.29, 1.82) is 0 Å². The van der Waals surface area contributed by atoms with Gasteiger partial charge in [-0.05, 0) is 40.5 Å². The first-order chi connectivity index (χ1) is 14.9. The molecule has 0 saturated heterocycles. The number of imidazole rings is 1. The van der Waals surface area contributed by atoms with Crippen molar-refractivity contribution in [3.8, 4) is 0 Å². The van der Waals surface area contributed by atoms with E-state index in [0.717, 1.165) is 11.1 Å². The van der Waals surface area contributed by atoms with Gasteiger partial charge in [0.25, 0.3) is 5.91 Å². The van der Waals surface area contributed by atoms with Gasteiger partial charge in [0.1, 0.15) is 10.1 Å². The first kappa shape index (κ1) is 21.0. The standard InChI is InChI=1S/C19H22BrN9O2/c1-10(8-31-9-11-4-12(21)16-13(5-11)28(3)27-26-16)24-19(30)17-18(22-2)25-15-6-23-14(20)7-29(15)17/h4-7,10,22H,8-9,21H2,1-3H3,(H,24,30)/t10-/m1/s1. The van der Waals surface area contributed by atoms with E-state index in [0.29, 0.717) is 46.2 Å². The van der Waals surface area contributed by atoms with E-state index in [4.69, 9.17) is 10.5 Å². The number of rotatable bonds is 7. The summed E-state index contributed by atoms with van der Waals surface area (Å²) >= 11 is 3.33. The zero-order chi connectivity index (χ0) is 22.1. The monoisotopic (exact) mass is 487 g/mol. The average molecular weight is 488 g/mol. The van der Waals surface area contributed by atoms with Crippen LogP contribution in [0.4, 0.5) is 11.5 Å². The van der Waals surface area contributed by atoms with E-state index >= 15 is 0 Å². The summed E-state index contributed by atoms with van der Waals surface area (Å²) in [7, 11) is 3.53. The van der Waals surface area contributed by atoms with Crippen LogP contribution >= 0.6 is 15.9 Å². The van der Waals surface area contributed by atoms with Crippen molar-refractivity contribution in [3.63, 3.8) is 0 Å². The highest BCUT2D eigenvalue weighted by Crippen LogP contribution is 2.21. The quantitative estimate of drug-likeness (QED) is 0.335. The summed E-state index contributed by atoms with van der Waals surface area (Å²) < 4.78 is 9.76. The van der Waals surface area contributed by atoms with Gasteiger partial charge in [0.2, 0.25) is 0 Å². The molecule has 0 aliphatic heterocycles. The van der Waals surface area contributed by atoms with Gasteiger partial charge in [0, 0.05) is 26.3 Å². The van der Waals surface area contributed by atoms with Crippen LogP contribution in [0.15, 0.2) is 29.1 Å². The van der Waals surface area contributed by atoms with Crippen molar-refractivity contribution in [2.75, 3.05) is 24.7 Å². The summed E-state index contributed by atoms with van der Waals surface area (Å²) in [4.78, 5) is 21.5. The van der Waals surface area contributed by atoms with Crippen LogP contribution in [-0.4, -0.2) is 55.0 Å². The molecular formula is C19H22BrN9O2. The molecule has 0 radical (unpaired) electrons. The minimum Gasteiger partial charge on any atom is -0.397 e. The van der Waals surface area contributed by atoms with Crippen LogP contribution in [0, 0.1) is 0 Å². The Morgan fingerprint density at radius 2 is 2.19 bits per heavy atom. The molecule has 0 unspecified atom stereocenters. The van der Waals surface area contributed by atoms with Crippen molar-refractivity contribution in [2.45, 2.75) is 19.6 Å². The highest BCUT2D eigenvalue weighted by molar-refractivity contribution is 9.10. The molecule has 1 amide bonds. The van der Waals surface area contributed by atoms with Crippen LogP contribution in [0.5, 0.6) is 0 Å². The topological polar surface area (TPSA) is 137 Å². The second-order valence-corrected chi connectivity index (χ2v) is 7.97. The Labute approximate surface area is 186 Å². The van der Waals surface area contributed by atoms with E-state index in [-0.39, 0.29) is 11.9 Å². The van der Waals surface area contributed by atoms with Crippen LogP contribution in [0.3, 0.4) is 0 Å². The molecule has 1 aromatic carbocycles. The molecule has 0 spiro atoms. The lowest BCUT2D eigenvalue weighted by Crippen LogP contribution is -2.36. The fraction of sp³-hybridized carbons (Fsp3) is 0.316. The number of aryl methyl sites for hydroxylation is 1. The number of nitrogens with one attached hydrogen (secondary N) is 2. The van der Waals surface area contributed by atoms with Crippen LogP contribution < -0.4 is 16.4 Å². The Kier molecular flexibility index (Phi) is 5.74. The van der Waals surface area contributed by atoms with Gasteiger partial charge in [-0.25, -0.2) is 14.6 Å². The summed E-state index contributed by atoms with van der Waals surface area (Å²) in [5.41, 5.74) is 9.99. The Hall–Kier alpha value is -3.25. The molecule has 31 heavy (non-hydrogen) atoms. The van der Waals surface area contributed by atoms with E-state index in [1.165, 1.54) is 0 Å².